The molecule has 0 N–H and O–H groups in total. The van der Waals surface area contributed by atoms with Gasteiger partial charge in [-0.15, -0.1) is 0 Å². The highest BCUT2D eigenvalue weighted by Gasteiger charge is 1.95. The molecule has 1 rings (SSSR count). The predicted molar refractivity (Wildman–Crippen MR) is 53.5 cm³/mol. The number of rotatable bonds is 3. The van der Waals surface area contributed by atoms with Gasteiger partial charge >= 0.3 is 0 Å². The van der Waals surface area contributed by atoms with Gasteiger partial charge in [0.25, 0.3) is 0 Å². The summed E-state index contributed by atoms with van der Waals surface area (Å²) in [5.74, 6) is 0. The maximum atomic E-state index is 3.41. The maximum absolute atomic E-state index is 3.41. The molecule has 0 saturated heterocycles. The van der Waals surface area contributed by atoms with Gasteiger partial charge in [0.05, 0.1) is 0 Å². The Morgan fingerprint density at radius 3 is 2.45 bits per heavy atom. The molecule has 0 radical (unpaired) electrons. The number of benzene rings is 1. The zero-order valence-corrected chi connectivity index (χ0v) is 8.21. The van der Waals surface area contributed by atoms with Crippen LogP contribution in [0.15, 0.2) is 30.3 Å². The molecule has 0 aromatic heterocycles. The molecule has 0 aliphatic rings. The van der Waals surface area contributed by atoms with Crippen molar-refractivity contribution in [3.63, 3.8) is 0 Å². The van der Waals surface area contributed by atoms with Gasteiger partial charge in [0.1, 0.15) is 0 Å². The van der Waals surface area contributed by atoms with Gasteiger partial charge in [-0.3, -0.25) is 0 Å². The largest absolute Gasteiger partial charge is 0.374 e. The Balaban J connectivity index is 2.61. The van der Waals surface area contributed by atoms with Gasteiger partial charge in [-0.2, -0.15) is 0 Å². The molecule has 0 saturated carbocycles. The van der Waals surface area contributed by atoms with E-state index < -0.39 is 0 Å². The molecule has 1 nitrogen and oxygen atoms in total. The fourth-order valence-corrected chi connectivity index (χ4v) is 1.47. The highest BCUT2D eigenvalue weighted by molar-refractivity contribution is 9.09. The fraction of sp³-hybridized carbons (Fsp3) is 0.333. The molecule has 60 valence electrons. The number of halogens is 1. The minimum Gasteiger partial charge on any atom is -0.374 e. The second kappa shape index (κ2) is 4.39. The van der Waals surface area contributed by atoms with Crippen LogP contribution in [0.3, 0.4) is 0 Å². The number of hydrogen-bond donors (Lipinski definition) is 0. The van der Waals surface area contributed by atoms with Crippen molar-refractivity contribution in [1.82, 2.24) is 0 Å². The summed E-state index contributed by atoms with van der Waals surface area (Å²) in [6.07, 6.45) is 0. The molecule has 0 aliphatic carbocycles. The van der Waals surface area contributed by atoms with Crippen LogP contribution in [0.2, 0.25) is 0 Å². The first-order valence-electron chi connectivity index (χ1n) is 3.66. The summed E-state index contributed by atoms with van der Waals surface area (Å²) in [7, 11) is 2.09. The third-order valence-electron chi connectivity index (χ3n) is 1.62. The lowest BCUT2D eigenvalue weighted by Gasteiger charge is -2.17. The van der Waals surface area contributed by atoms with Crippen molar-refractivity contribution < 1.29 is 0 Å². The summed E-state index contributed by atoms with van der Waals surface area (Å²) in [5, 5.41) is 1.01. The molecule has 1 aromatic carbocycles. The van der Waals surface area contributed by atoms with Gasteiger partial charge in [-0.05, 0) is 12.1 Å². The van der Waals surface area contributed by atoms with Gasteiger partial charge in [0.15, 0.2) is 0 Å². The first-order valence-corrected chi connectivity index (χ1v) is 4.79. The molecule has 11 heavy (non-hydrogen) atoms. The fourth-order valence-electron chi connectivity index (χ4n) is 0.938. The Bertz CT molecular complexity index is 198. The van der Waals surface area contributed by atoms with E-state index in [1.807, 2.05) is 6.07 Å². The van der Waals surface area contributed by atoms with Gasteiger partial charge in [-0.25, -0.2) is 0 Å². The number of anilines is 1. The molecule has 0 unspecified atom stereocenters. The van der Waals surface area contributed by atoms with Crippen LogP contribution in [0.4, 0.5) is 5.69 Å². The second-order valence-corrected chi connectivity index (χ2v) is 3.24. The van der Waals surface area contributed by atoms with Crippen molar-refractivity contribution in [1.29, 1.82) is 0 Å². The van der Waals surface area contributed by atoms with Gasteiger partial charge < -0.3 is 4.90 Å². The zero-order chi connectivity index (χ0) is 8.10. The maximum Gasteiger partial charge on any atom is 0.0363 e. The Hall–Kier alpha value is -0.500. The number of hydrogen-bond acceptors (Lipinski definition) is 1. The Morgan fingerprint density at radius 1 is 1.27 bits per heavy atom. The highest BCUT2D eigenvalue weighted by atomic mass is 79.9. The lowest BCUT2D eigenvalue weighted by molar-refractivity contribution is 0.983. The van der Waals surface area contributed by atoms with E-state index in [-0.39, 0.29) is 0 Å². The first kappa shape index (κ1) is 8.60. The van der Waals surface area contributed by atoms with E-state index in [1.165, 1.54) is 5.69 Å². The van der Waals surface area contributed by atoms with E-state index in [1.54, 1.807) is 0 Å². The standard InChI is InChI=1S/C9H12BrN/c1-11(8-7-10)9-5-3-2-4-6-9/h2-6H,7-8H2,1H3. The van der Waals surface area contributed by atoms with E-state index in [2.05, 4.69) is 52.1 Å². The van der Waals surface area contributed by atoms with Crippen molar-refractivity contribution in [2.45, 2.75) is 0 Å². The van der Waals surface area contributed by atoms with E-state index in [0.717, 1.165) is 11.9 Å². The average Bonchev–Trinajstić information content (AvgIpc) is 2.07. The molecule has 0 spiro atoms. The summed E-state index contributed by atoms with van der Waals surface area (Å²) >= 11 is 3.41. The van der Waals surface area contributed by atoms with Crippen LogP contribution in [0, 0.1) is 0 Å². The van der Waals surface area contributed by atoms with E-state index >= 15 is 0 Å². The number of nitrogens with zero attached hydrogens (tertiary/aromatic N) is 1. The van der Waals surface area contributed by atoms with E-state index in [4.69, 9.17) is 0 Å². The van der Waals surface area contributed by atoms with Crippen molar-refractivity contribution in [3.05, 3.63) is 30.3 Å². The monoisotopic (exact) mass is 213 g/mol. The normalized spacial score (nSPS) is 9.64. The summed E-state index contributed by atoms with van der Waals surface area (Å²) in [6.45, 7) is 1.05. The van der Waals surface area contributed by atoms with E-state index in [0.29, 0.717) is 0 Å². The van der Waals surface area contributed by atoms with Crippen LogP contribution in [0.25, 0.3) is 0 Å². The van der Waals surface area contributed by atoms with Crippen LogP contribution in [-0.4, -0.2) is 18.9 Å². The molecule has 0 bridgehead atoms. The summed E-state index contributed by atoms with van der Waals surface area (Å²) in [5.41, 5.74) is 1.27. The Labute approximate surface area is 76.2 Å². The molecule has 0 heterocycles. The summed E-state index contributed by atoms with van der Waals surface area (Å²) < 4.78 is 0. The smallest absolute Gasteiger partial charge is 0.0363 e. The molecule has 2 heteroatoms. The Morgan fingerprint density at radius 2 is 1.91 bits per heavy atom. The highest BCUT2D eigenvalue weighted by Crippen LogP contribution is 2.10. The quantitative estimate of drug-likeness (QED) is 0.699. The topological polar surface area (TPSA) is 3.24 Å². The third-order valence-corrected chi connectivity index (χ3v) is 1.97. The minimum atomic E-state index is 1.01. The predicted octanol–water partition coefficient (Wildman–Crippen LogP) is 2.52. The minimum absolute atomic E-state index is 1.01. The third kappa shape index (κ3) is 2.54. The van der Waals surface area contributed by atoms with Crippen LogP contribution in [0.1, 0.15) is 0 Å². The molecule has 0 amide bonds. The van der Waals surface area contributed by atoms with Crippen LogP contribution >= 0.6 is 15.9 Å². The average molecular weight is 214 g/mol. The van der Waals surface area contributed by atoms with Crippen LogP contribution < -0.4 is 4.90 Å². The molecule has 0 aliphatic heterocycles. The van der Waals surface area contributed by atoms with Crippen LogP contribution in [-0.2, 0) is 0 Å². The van der Waals surface area contributed by atoms with Crippen molar-refractivity contribution in [2.75, 3.05) is 23.8 Å². The van der Waals surface area contributed by atoms with Gasteiger partial charge in [0, 0.05) is 24.6 Å². The summed E-state index contributed by atoms with van der Waals surface area (Å²) in [6, 6.07) is 10.4. The lowest BCUT2D eigenvalue weighted by Crippen LogP contribution is -2.18. The molecule has 0 fully saturated rings. The summed E-state index contributed by atoms with van der Waals surface area (Å²) in [4.78, 5) is 2.22. The zero-order valence-electron chi connectivity index (χ0n) is 6.63. The SMILES string of the molecule is CN(CCBr)c1ccccc1. The Kier molecular flexibility index (Phi) is 3.43. The van der Waals surface area contributed by atoms with Crippen molar-refractivity contribution in [3.8, 4) is 0 Å². The molecule has 0 atom stereocenters. The van der Waals surface area contributed by atoms with E-state index in [9.17, 15) is 0 Å². The lowest BCUT2D eigenvalue weighted by atomic mass is 10.3. The number of para-hydroxylation sites is 1. The van der Waals surface area contributed by atoms with Gasteiger partial charge in [-0.1, -0.05) is 34.1 Å². The van der Waals surface area contributed by atoms with Crippen molar-refractivity contribution in [2.24, 2.45) is 0 Å². The molecular formula is C9H12BrN. The number of alkyl halides is 1. The van der Waals surface area contributed by atoms with Crippen LogP contribution in [0.5, 0.6) is 0 Å². The molecular weight excluding hydrogens is 202 g/mol. The molecule has 1 aromatic rings. The van der Waals surface area contributed by atoms with Gasteiger partial charge in [0.2, 0.25) is 0 Å². The second-order valence-electron chi connectivity index (χ2n) is 2.45. The first-order chi connectivity index (χ1) is 5.34. The van der Waals surface area contributed by atoms with Crippen molar-refractivity contribution >= 4 is 21.6 Å².